The van der Waals surface area contributed by atoms with Crippen LogP contribution in [0.4, 0.5) is 5.69 Å². The van der Waals surface area contributed by atoms with Gasteiger partial charge in [-0.2, -0.15) is 0 Å². The first-order valence-corrected chi connectivity index (χ1v) is 7.54. The number of fused-ring (bicyclic) bond motifs is 1. The van der Waals surface area contributed by atoms with Crippen molar-refractivity contribution in [3.8, 4) is 0 Å². The van der Waals surface area contributed by atoms with Gasteiger partial charge in [-0.25, -0.2) is 9.59 Å². The summed E-state index contributed by atoms with van der Waals surface area (Å²) < 4.78 is 5.02. The van der Waals surface area contributed by atoms with Crippen LogP contribution in [0.3, 0.4) is 0 Å². The Kier molecular flexibility index (Phi) is 4.84. The molecule has 8 heteroatoms. The Hall–Kier alpha value is -3.81. The summed E-state index contributed by atoms with van der Waals surface area (Å²) in [6, 6.07) is 10.5. The minimum atomic E-state index is -1.06. The van der Waals surface area contributed by atoms with Gasteiger partial charge in [-0.05, 0) is 36.4 Å². The fourth-order valence-electron chi connectivity index (χ4n) is 2.26. The quantitative estimate of drug-likeness (QED) is 0.676. The first kappa shape index (κ1) is 17.0. The monoisotopic (exact) mass is 351 g/mol. The number of hydrogen-bond donors (Lipinski definition) is 2. The first-order chi connectivity index (χ1) is 12.5. The van der Waals surface area contributed by atoms with Gasteiger partial charge in [0, 0.05) is 18.1 Å². The molecule has 0 spiro atoms. The number of carboxylic acids is 1. The van der Waals surface area contributed by atoms with E-state index < -0.39 is 24.5 Å². The molecule has 0 fully saturated rings. The lowest BCUT2D eigenvalue weighted by molar-refractivity contribution is -0.119. The van der Waals surface area contributed by atoms with Crippen molar-refractivity contribution in [1.29, 1.82) is 0 Å². The number of carboxylic acid groups (broad SMARTS) is 1. The minimum Gasteiger partial charge on any atom is -0.478 e. The van der Waals surface area contributed by atoms with Crippen LogP contribution in [0.1, 0.15) is 20.7 Å². The standard InChI is InChI=1S/C18H13N3O5/c22-15(21-12-6-4-11(5-7-12)17(23)24)10-26-18(25)13-2-1-3-14-16(13)20-9-8-19-14/h1-9H,10H2,(H,21,22)(H,23,24). The highest BCUT2D eigenvalue weighted by Gasteiger charge is 2.14. The van der Waals surface area contributed by atoms with E-state index in [2.05, 4.69) is 15.3 Å². The average molecular weight is 351 g/mol. The normalized spacial score (nSPS) is 10.3. The maximum Gasteiger partial charge on any atom is 0.340 e. The summed E-state index contributed by atoms with van der Waals surface area (Å²) in [7, 11) is 0. The zero-order chi connectivity index (χ0) is 18.5. The molecular formula is C18H13N3O5. The minimum absolute atomic E-state index is 0.103. The SMILES string of the molecule is O=C(COC(=O)c1cccc2nccnc12)Nc1ccc(C(=O)O)cc1. The van der Waals surface area contributed by atoms with Crippen molar-refractivity contribution in [1.82, 2.24) is 9.97 Å². The third-order valence-electron chi connectivity index (χ3n) is 3.47. The Balaban J connectivity index is 1.62. The van der Waals surface area contributed by atoms with E-state index in [1.54, 1.807) is 18.2 Å². The number of aromatic nitrogens is 2. The number of ether oxygens (including phenoxy) is 1. The van der Waals surface area contributed by atoms with Gasteiger partial charge in [0.15, 0.2) is 6.61 Å². The highest BCUT2D eigenvalue weighted by molar-refractivity contribution is 6.03. The number of carbonyl (C=O) groups is 3. The molecule has 3 rings (SSSR count). The van der Waals surface area contributed by atoms with E-state index >= 15 is 0 Å². The zero-order valence-electron chi connectivity index (χ0n) is 13.4. The molecule has 2 N–H and O–H groups in total. The van der Waals surface area contributed by atoms with Gasteiger partial charge in [-0.15, -0.1) is 0 Å². The number of benzene rings is 2. The van der Waals surface area contributed by atoms with Crippen LogP contribution in [0, 0.1) is 0 Å². The maximum atomic E-state index is 12.2. The predicted octanol–water partition coefficient (Wildman–Crippen LogP) is 2.12. The summed E-state index contributed by atoms with van der Waals surface area (Å²) in [6.45, 7) is -0.490. The van der Waals surface area contributed by atoms with Crippen LogP contribution in [0.25, 0.3) is 11.0 Å². The lowest BCUT2D eigenvalue weighted by atomic mass is 10.2. The molecule has 1 heterocycles. The molecule has 2 aromatic carbocycles. The van der Waals surface area contributed by atoms with Crippen molar-refractivity contribution < 1.29 is 24.2 Å². The number of rotatable bonds is 5. The van der Waals surface area contributed by atoms with Crippen LogP contribution < -0.4 is 5.32 Å². The molecule has 1 amide bonds. The van der Waals surface area contributed by atoms with Gasteiger partial charge in [0.25, 0.3) is 5.91 Å². The van der Waals surface area contributed by atoms with Crippen molar-refractivity contribution in [2.24, 2.45) is 0 Å². The van der Waals surface area contributed by atoms with Gasteiger partial charge < -0.3 is 15.2 Å². The van der Waals surface area contributed by atoms with Crippen molar-refractivity contribution in [2.75, 3.05) is 11.9 Å². The molecule has 0 radical (unpaired) electrons. The Morgan fingerprint density at radius 1 is 1.00 bits per heavy atom. The Morgan fingerprint density at radius 3 is 2.46 bits per heavy atom. The predicted molar refractivity (Wildman–Crippen MR) is 91.9 cm³/mol. The lowest BCUT2D eigenvalue weighted by Crippen LogP contribution is -2.21. The number of esters is 1. The van der Waals surface area contributed by atoms with Crippen molar-refractivity contribution >= 4 is 34.6 Å². The second-order valence-electron chi connectivity index (χ2n) is 5.24. The van der Waals surface area contributed by atoms with Gasteiger partial charge in [0.2, 0.25) is 0 Å². The molecule has 0 unspecified atom stereocenters. The van der Waals surface area contributed by atoms with Crippen molar-refractivity contribution in [3.05, 3.63) is 66.0 Å². The molecule has 26 heavy (non-hydrogen) atoms. The van der Waals surface area contributed by atoms with Crippen LogP contribution in [-0.4, -0.2) is 39.5 Å². The molecule has 0 aliphatic rings. The number of nitrogens with zero attached hydrogens (tertiary/aromatic N) is 2. The van der Waals surface area contributed by atoms with Crippen molar-refractivity contribution in [2.45, 2.75) is 0 Å². The molecule has 0 saturated carbocycles. The lowest BCUT2D eigenvalue weighted by Gasteiger charge is -2.08. The molecule has 0 saturated heterocycles. The number of amides is 1. The average Bonchev–Trinajstić information content (AvgIpc) is 2.66. The Bertz CT molecular complexity index is 980. The molecule has 0 aliphatic carbocycles. The van der Waals surface area contributed by atoms with E-state index in [0.29, 0.717) is 16.7 Å². The van der Waals surface area contributed by atoms with Crippen LogP contribution in [0.5, 0.6) is 0 Å². The van der Waals surface area contributed by atoms with Crippen molar-refractivity contribution in [3.63, 3.8) is 0 Å². The maximum absolute atomic E-state index is 12.2. The van der Waals surface area contributed by atoms with Crippen LogP contribution in [-0.2, 0) is 9.53 Å². The highest BCUT2D eigenvalue weighted by atomic mass is 16.5. The second-order valence-corrected chi connectivity index (χ2v) is 5.24. The number of anilines is 1. The molecule has 0 atom stereocenters. The number of nitrogens with one attached hydrogen (secondary N) is 1. The highest BCUT2D eigenvalue weighted by Crippen LogP contribution is 2.15. The van der Waals surface area contributed by atoms with Gasteiger partial charge in [-0.1, -0.05) is 6.07 Å². The van der Waals surface area contributed by atoms with E-state index in [1.165, 1.54) is 36.7 Å². The molecule has 0 aliphatic heterocycles. The number of hydrogen-bond acceptors (Lipinski definition) is 6. The van der Waals surface area contributed by atoms with E-state index in [4.69, 9.17) is 9.84 Å². The molecular weight excluding hydrogens is 338 g/mol. The first-order valence-electron chi connectivity index (χ1n) is 7.54. The summed E-state index contributed by atoms with van der Waals surface area (Å²) in [4.78, 5) is 43.1. The summed E-state index contributed by atoms with van der Waals surface area (Å²) in [5.41, 5.74) is 1.65. The number of para-hydroxylation sites is 1. The number of aromatic carboxylic acids is 1. The fraction of sp³-hybridized carbons (Fsp3) is 0.0556. The van der Waals surface area contributed by atoms with E-state index in [9.17, 15) is 14.4 Å². The van der Waals surface area contributed by atoms with Crippen LogP contribution in [0.15, 0.2) is 54.9 Å². The summed E-state index contributed by atoms with van der Waals surface area (Å²) >= 11 is 0. The summed E-state index contributed by atoms with van der Waals surface area (Å²) in [6.07, 6.45) is 2.98. The molecule has 130 valence electrons. The van der Waals surface area contributed by atoms with Gasteiger partial charge >= 0.3 is 11.9 Å². The third kappa shape index (κ3) is 3.81. The summed E-state index contributed by atoms with van der Waals surface area (Å²) in [5.74, 6) is -2.30. The molecule has 8 nitrogen and oxygen atoms in total. The largest absolute Gasteiger partial charge is 0.478 e. The van der Waals surface area contributed by atoms with Gasteiger partial charge in [0.05, 0.1) is 16.6 Å². The van der Waals surface area contributed by atoms with Crippen LogP contribution in [0.2, 0.25) is 0 Å². The van der Waals surface area contributed by atoms with E-state index in [-0.39, 0.29) is 11.1 Å². The number of carbonyl (C=O) groups excluding carboxylic acids is 2. The van der Waals surface area contributed by atoms with E-state index in [1.807, 2.05) is 0 Å². The fourth-order valence-corrected chi connectivity index (χ4v) is 2.26. The molecule has 1 aromatic heterocycles. The zero-order valence-corrected chi connectivity index (χ0v) is 13.4. The topological polar surface area (TPSA) is 118 Å². The van der Waals surface area contributed by atoms with E-state index in [0.717, 1.165) is 0 Å². The third-order valence-corrected chi connectivity index (χ3v) is 3.47. The molecule has 0 bridgehead atoms. The van der Waals surface area contributed by atoms with Gasteiger partial charge in [-0.3, -0.25) is 14.8 Å². The van der Waals surface area contributed by atoms with Gasteiger partial charge in [0.1, 0.15) is 5.52 Å². The second kappa shape index (κ2) is 7.39. The smallest absolute Gasteiger partial charge is 0.340 e. The summed E-state index contributed by atoms with van der Waals surface area (Å²) in [5, 5.41) is 11.3. The van der Waals surface area contributed by atoms with Crippen LogP contribution >= 0.6 is 0 Å². The molecule has 3 aromatic rings. The Labute approximate surface area is 147 Å². The Morgan fingerprint density at radius 2 is 1.73 bits per heavy atom.